The van der Waals surface area contributed by atoms with Gasteiger partial charge in [-0.1, -0.05) is 61.9 Å². The zero-order valence-electron chi connectivity index (χ0n) is 19.5. The van der Waals surface area contributed by atoms with Gasteiger partial charge in [-0.05, 0) is 41.5 Å². The number of amides is 2. The summed E-state index contributed by atoms with van der Waals surface area (Å²) in [7, 11) is 0. The summed E-state index contributed by atoms with van der Waals surface area (Å²) in [6, 6.07) is 16.0. The number of carboxylic acid groups (broad SMARTS) is 1. The topological polar surface area (TPSA) is 95.9 Å². The highest BCUT2D eigenvalue weighted by Crippen LogP contribution is 2.44. The van der Waals surface area contributed by atoms with Gasteiger partial charge in [0, 0.05) is 31.5 Å². The highest BCUT2D eigenvalue weighted by Gasteiger charge is 2.31. The van der Waals surface area contributed by atoms with E-state index in [0.717, 1.165) is 17.5 Å². The van der Waals surface area contributed by atoms with E-state index < -0.39 is 18.0 Å². The second-order valence-corrected chi connectivity index (χ2v) is 9.18. The van der Waals surface area contributed by atoms with Crippen molar-refractivity contribution < 1.29 is 24.2 Å². The fourth-order valence-corrected chi connectivity index (χ4v) is 5.13. The number of hydrogen-bond acceptors (Lipinski definition) is 4. The molecule has 7 nitrogen and oxygen atoms in total. The molecule has 1 aliphatic carbocycles. The van der Waals surface area contributed by atoms with Gasteiger partial charge in [-0.25, -0.2) is 4.79 Å². The number of ether oxygens (including phenoxy) is 1. The van der Waals surface area contributed by atoms with Crippen LogP contribution in [0.15, 0.2) is 48.5 Å². The predicted molar refractivity (Wildman–Crippen MR) is 128 cm³/mol. The van der Waals surface area contributed by atoms with Crippen LogP contribution >= 0.6 is 0 Å². The smallest absolute Gasteiger partial charge is 0.407 e. The Hall–Kier alpha value is -3.35. The Morgan fingerprint density at radius 3 is 2.35 bits per heavy atom. The number of nitrogens with one attached hydrogen (secondary N) is 1. The van der Waals surface area contributed by atoms with Crippen LogP contribution < -0.4 is 5.32 Å². The van der Waals surface area contributed by atoms with E-state index in [1.54, 1.807) is 4.90 Å². The molecule has 0 spiro atoms. The van der Waals surface area contributed by atoms with E-state index in [1.165, 1.54) is 11.1 Å². The lowest BCUT2D eigenvalue weighted by molar-refractivity contribution is -0.145. The summed E-state index contributed by atoms with van der Waals surface area (Å²) in [6.07, 6.45) is 2.34. The van der Waals surface area contributed by atoms with Crippen molar-refractivity contribution in [1.29, 1.82) is 0 Å². The highest BCUT2D eigenvalue weighted by molar-refractivity contribution is 5.80. The van der Waals surface area contributed by atoms with Gasteiger partial charge in [-0.2, -0.15) is 0 Å². The molecule has 4 rings (SSSR count). The van der Waals surface area contributed by atoms with Crippen LogP contribution in [0.4, 0.5) is 4.79 Å². The second kappa shape index (κ2) is 10.7. The number of likely N-dealkylation sites (tertiary alicyclic amines) is 1. The lowest BCUT2D eigenvalue weighted by Crippen LogP contribution is -2.45. The fourth-order valence-electron chi connectivity index (χ4n) is 5.13. The molecule has 1 fully saturated rings. The molecule has 1 saturated heterocycles. The molecule has 0 saturated carbocycles. The summed E-state index contributed by atoms with van der Waals surface area (Å²) in [6.45, 7) is 3.02. The van der Waals surface area contributed by atoms with Crippen LogP contribution in [-0.4, -0.2) is 53.7 Å². The molecule has 2 atom stereocenters. The molecular weight excluding hydrogens is 432 g/mol. The first-order valence-corrected chi connectivity index (χ1v) is 12.1. The number of fused-ring (bicyclic) bond motifs is 3. The van der Waals surface area contributed by atoms with Gasteiger partial charge in [0.2, 0.25) is 5.91 Å². The first-order valence-electron chi connectivity index (χ1n) is 12.1. The van der Waals surface area contributed by atoms with E-state index in [-0.39, 0.29) is 37.4 Å². The quantitative estimate of drug-likeness (QED) is 0.603. The Balaban J connectivity index is 1.35. The number of aliphatic carboxylic acids is 1. The summed E-state index contributed by atoms with van der Waals surface area (Å²) in [5.41, 5.74) is 4.63. The van der Waals surface area contributed by atoms with E-state index in [2.05, 4.69) is 29.6 Å². The number of carbonyl (C=O) groups excluding carboxylic acids is 2. The van der Waals surface area contributed by atoms with Crippen LogP contribution in [0, 0.1) is 5.92 Å². The van der Waals surface area contributed by atoms with Crippen molar-refractivity contribution in [1.82, 2.24) is 10.2 Å². The zero-order chi connectivity index (χ0) is 24.1. The van der Waals surface area contributed by atoms with E-state index in [0.29, 0.717) is 25.8 Å². The zero-order valence-corrected chi connectivity index (χ0v) is 19.5. The van der Waals surface area contributed by atoms with Crippen LogP contribution in [0.3, 0.4) is 0 Å². The van der Waals surface area contributed by atoms with Gasteiger partial charge in [0.1, 0.15) is 6.61 Å². The number of carboxylic acids is 1. The third-order valence-electron chi connectivity index (χ3n) is 6.85. The molecule has 2 amide bonds. The second-order valence-electron chi connectivity index (χ2n) is 9.18. The average Bonchev–Trinajstić information content (AvgIpc) is 3.16. The number of hydrogen-bond donors (Lipinski definition) is 2. The van der Waals surface area contributed by atoms with Crippen molar-refractivity contribution in [3.63, 3.8) is 0 Å². The van der Waals surface area contributed by atoms with Gasteiger partial charge in [0.15, 0.2) is 0 Å². The van der Waals surface area contributed by atoms with Crippen LogP contribution in [0.5, 0.6) is 0 Å². The molecule has 2 aliphatic rings. The first-order chi connectivity index (χ1) is 16.5. The summed E-state index contributed by atoms with van der Waals surface area (Å²) >= 11 is 0. The van der Waals surface area contributed by atoms with Crippen molar-refractivity contribution in [3.8, 4) is 11.1 Å². The van der Waals surface area contributed by atoms with Gasteiger partial charge in [-0.15, -0.1) is 0 Å². The maximum Gasteiger partial charge on any atom is 0.407 e. The van der Waals surface area contributed by atoms with Crippen molar-refractivity contribution in [2.24, 2.45) is 5.92 Å². The first kappa shape index (κ1) is 23.8. The van der Waals surface area contributed by atoms with Crippen LogP contribution in [0.1, 0.15) is 56.1 Å². The van der Waals surface area contributed by atoms with Gasteiger partial charge >= 0.3 is 12.1 Å². The standard InChI is InChI=1S/C27H32N2O5/c1-2-8-19(15-25(30)29-14-7-9-18(16-29)26(31)32)28-27(33)34-17-24-22-12-5-3-10-20(22)21-11-4-6-13-23(21)24/h3-6,10-13,18-19,24H,2,7-9,14-17H2,1H3,(H,28,33)(H,31,32)/t18-,19+/m1/s1. The Morgan fingerprint density at radius 1 is 1.09 bits per heavy atom. The molecular formula is C27H32N2O5. The molecule has 180 valence electrons. The predicted octanol–water partition coefficient (Wildman–Crippen LogP) is 4.41. The molecule has 1 aliphatic heterocycles. The highest BCUT2D eigenvalue weighted by atomic mass is 16.5. The van der Waals surface area contributed by atoms with E-state index in [9.17, 15) is 19.5 Å². The molecule has 7 heteroatoms. The molecule has 0 aromatic heterocycles. The summed E-state index contributed by atoms with van der Waals surface area (Å²) in [4.78, 5) is 38.4. The van der Waals surface area contributed by atoms with E-state index in [4.69, 9.17) is 4.74 Å². The monoisotopic (exact) mass is 464 g/mol. The van der Waals surface area contributed by atoms with Crippen molar-refractivity contribution in [2.75, 3.05) is 19.7 Å². The lowest BCUT2D eigenvalue weighted by atomic mass is 9.97. The third kappa shape index (κ3) is 5.24. The Morgan fingerprint density at radius 2 is 1.74 bits per heavy atom. The molecule has 0 bridgehead atoms. The van der Waals surface area contributed by atoms with Gasteiger partial charge < -0.3 is 20.1 Å². The number of nitrogens with zero attached hydrogens (tertiary/aromatic N) is 1. The minimum atomic E-state index is -0.862. The summed E-state index contributed by atoms with van der Waals surface area (Å²) < 4.78 is 5.64. The van der Waals surface area contributed by atoms with Gasteiger partial charge in [0.05, 0.1) is 5.92 Å². The van der Waals surface area contributed by atoms with Gasteiger partial charge in [0.25, 0.3) is 0 Å². The van der Waals surface area contributed by atoms with Crippen LogP contribution in [0.25, 0.3) is 11.1 Å². The molecule has 1 heterocycles. The molecule has 2 N–H and O–H groups in total. The van der Waals surface area contributed by atoms with E-state index in [1.807, 2.05) is 31.2 Å². The summed E-state index contributed by atoms with van der Waals surface area (Å²) in [5, 5.41) is 12.2. The Bertz CT molecular complexity index is 1010. The Labute approximate surface area is 200 Å². The third-order valence-corrected chi connectivity index (χ3v) is 6.85. The van der Waals surface area contributed by atoms with Crippen molar-refractivity contribution in [3.05, 3.63) is 59.7 Å². The molecule has 34 heavy (non-hydrogen) atoms. The normalized spacial score (nSPS) is 18.0. The van der Waals surface area contributed by atoms with Gasteiger partial charge in [-0.3, -0.25) is 9.59 Å². The van der Waals surface area contributed by atoms with Crippen LogP contribution in [-0.2, 0) is 14.3 Å². The number of piperidine rings is 1. The largest absolute Gasteiger partial charge is 0.481 e. The number of benzene rings is 2. The van der Waals surface area contributed by atoms with Crippen LogP contribution in [0.2, 0.25) is 0 Å². The van der Waals surface area contributed by atoms with Crippen molar-refractivity contribution >= 4 is 18.0 Å². The lowest BCUT2D eigenvalue weighted by Gasteiger charge is -2.32. The van der Waals surface area contributed by atoms with Crippen molar-refractivity contribution in [2.45, 2.75) is 51.0 Å². The Kier molecular flexibility index (Phi) is 7.50. The molecule has 0 radical (unpaired) electrons. The number of carbonyl (C=O) groups is 3. The maximum atomic E-state index is 12.8. The number of rotatable bonds is 8. The molecule has 2 aromatic rings. The average molecular weight is 465 g/mol. The maximum absolute atomic E-state index is 12.8. The molecule has 2 aromatic carbocycles. The van der Waals surface area contributed by atoms with E-state index >= 15 is 0 Å². The molecule has 0 unspecified atom stereocenters. The SMILES string of the molecule is CCC[C@@H](CC(=O)N1CCC[C@@H](C(=O)O)C1)NC(=O)OCC1c2ccccc2-c2ccccc21. The minimum Gasteiger partial charge on any atom is -0.481 e. The number of alkyl carbamates (subject to hydrolysis) is 1. The summed E-state index contributed by atoms with van der Waals surface area (Å²) in [5.74, 6) is -1.52. The minimum absolute atomic E-state index is 0.0225. The fraction of sp³-hybridized carbons (Fsp3) is 0.444.